The Labute approximate surface area is 193 Å². The molecule has 5 rings (SSSR count). The number of rotatable bonds is 3. The molecule has 0 radical (unpaired) electrons. The largest absolute Gasteiger partial charge is 0.497 e. The molecule has 0 unspecified atom stereocenters. The number of methoxy groups -OCH3 is 3. The molecular weight excluding hydrogens is 434 g/mol. The molecule has 1 aliphatic carbocycles. The average Bonchev–Trinajstić information content (AvgIpc) is 3.19. The Balaban J connectivity index is 0.00000245. The van der Waals surface area contributed by atoms with E-state index in [1.165, 1.54) is 23.8 Å². The zero-order chi connectivity index (χ0) is 21.7. The van der Waals surface area contributed by atoms with Crippen LogP contribution in [0, 0.1) is 17.8 Å². The molecule has 2 aromatic rings. The maximum absolute atomic E-state index is 12.8. The number of aromatic amines is 1. The molecule has 0 bridgehead atoms. The lowest BCUT2D eigenvalue weighted by Gasteiger charge is -2.51. The Morgan fingerprint density at radius 3 is 2.78 bits per heavy atom. The van der Waals surface area contributed by atoms with E-state index in [2.05, 4.69) is 21.1 Å². The van der Waals surface area contributed by atoms with E-state index >= 15 is 0 Å². The molecule has 1 saturated carbocycles. The number of nitrogens with zero attached hydrogens (tertiary/aromatic N) is 2. The van der Waals surface area contributed by atoms with Gasteiger partial charge in [0.25, 0.3) is 0 Å². The molecule has 5 atom stereocenters. The average molecular weight is 464 g/mol. The van der Waals surface area contributed by atoms with E-state index in [0.717, 1.165) is 37.2 Å². The topological polar surface area (TPSA) is 96.4 Å². The summed E-state index contributed by atoms with van der Waals surface area (Å²) in [7, 11) is 4.65. The maximum Gasteiger partial charge on any atom is 0.312 e. The Morgan fingerprint density at radius 1 is 1.28 bits per heavy atom. The van der Waals surface area contributed by atoms with Crippen LogP contribution < -0.4 is 4.74 Å². The minimum Gasteiger partial charge on any atom is -0.497 e. The van der Waals surface area contributed by atoms with Crippen molar-refractivity contribution in [1.29, 1.82) is 0 Å². The molecule has 174 valence electrons. The van der Waals surface area contributed by atoms with Crippen molar-refractivity contribution in [3.05, 3.63) is 29.5 Å². The van der Waals surface area contributed by atoms with Gasteiger partial charge in [0, 0.05) is 42.9 Å². The van der Waals surface area contributed by atoms with Crippen LogP contribution in [-0.4, -0.2) is 67.3 Å². The summed E-state index contributed by atoms with van der Waals surface area (Å²) in [6.07, 6.45) is 1.89. The summed E-state index contributed by atoms with van der Waals surface area (Å²) in [6, 6.07) is 6.40. The Morgan fingerprint density at radius 2 is 2.09 bits per heavy atom. The Bertz CT molecular complexity index is 1040. The van der Waals surface area contributed by atoms with Crippen LogP contribution in [0.5, 0.6) is 5.75 Å². The highest BCUT2D eigenvalue weighted by Crippen LogP contribution is 2.49. The monoisotopic (exact) mass is 463 g/mol. The van der Waals surface area contributed by atoms with Crippen molar-refractivity contribution in [2.75, 3.05) is 34.4 Å². The highest BCUT2D eigenvalue weighted by Gasteiger charge is 2.52. The van der Waals surface area contributed by atoms with Gasteiger partial charge in [0.1, 0.15) is 11.9 Å². The number of esters is 1. The molecule has 3 aliphatic rings. The standard InChI is InChI=1S/C23H29N3O5.ClH/c1-29-13-4-5-14-15-6-7-26-11-12-8-18(25-28)22(30-2)20(23(27)31-3)16(12)10-19(26)21(15)24-17(14)9-13;/h4-5,9,12,16,19-20,22,24,28H,6-8,10-11H2,1-3H3;1H/b25-18+;/t12-,16+,19-,20+,22+;/m1./s1. The summed E-state index contributed by atoms with van der Waals surface area (Å²) in [5.41, 5.74) is 4.23. The van der Waals surface area contributed by atoms with Gasteiger partial charge in [0.15, 0.2) is 0 Å². The van der Waals surface area contributed by atoms with Crippen molar-refractivity contribution < 1.29 is 24.2 Å². The zero-order valence-corrected chi connectivity index (χ0v) is 19.4. The number of carbonyl (C=O) groups excluding carboxylic acids is 1. The first-order valence-corrected chi connectivity index (χ1v) is 10.8. The van der Waals surface area contributed by atoms with Gasteiger partial charge in [-0.05, 0) is 48.8 Å². The van der Waals surface area contributed by atoms with Crippen molar-refractivity contribution in [3.63, 3.8) is 0 Å². The molecule has 1 aromatic carbocycles. The second-order valence-corrected chi connectivity index (χ2v) is 8.85. The first kappa shape index (κ1) is 22.9. The van der Waals surface area contributed by atoms with Crippen molar-refractivity contribution in [3.8, 4) is 5.75 Å². The number of ether oxygens (including phenoxy) is 3. The lowest BCUT2D eigenvalue weighted by molar-refractivity contribution is -0.156. The van der Waals surface area contributed by atoms with Crippen molar-refractivity contribution in [1.82, 2.24) is 9.88 Å². The lowest BCUT2D eigenvalue weighted by atomic mass is 9.64. The molecule has 0 amide bonds. The number of nitrogens with one attached hydrogen (secondary N) is 1. The third kappa shape index (κ3) is 3.45. The van der Waals surface area contributed by atoms with Crippen molar-refractivity contribution in [2.24, 2.45) is 22.9 Å². The third-order valence-corrected chi connectivity index (χ3v) is 7.58. The second-order valence-electron chi connectivity index (χ2n) is 8.85. The van der Waals surface area contributed by atoms with Gasteiger partial charge in [-0.3, -0.25) is 9.69 Å². The lowest BCUT2D eigenvalue weighted by Crippen LogP contribution is -2.56. The van der Waals surface area contributed by atoms with Crippen LogP contribution in [0.15, 0.2) is 23.4 Å². The number of carbonyl (C=O) groups is 1. The number of oxime groups is 1. The molecule has 0 spiro atoms. The molecule has 2 aliphatic heterocycles. The van der Waals surface area contributed by atoms with Crippen LogP contribution in [0.25, 0.3) is 10.9 Å². The predicted molar refractivity (Wildman–Crippen MR) is 122 cm³/mol. The van der Waals surface area contributed by atoms with Crippen LogP contribution in [0.4, 0.5) is 0 Å². The Kier molecular flexibility index (Phi) is 6.38. The predicted octanol–water partition coefficient (Wildman–Crippen LogP) is 3.17. The molecule has 32 heavy (non-hydrogen) atoms. The van der Waals surface area contributed by atoms with Crippen LogP contribution in [-0.2, 0) is 20.7 Å². The summed E-state index contributed by atoms with van der Waals surface area (Å²) in [5.74, 6) is 0.383. The summed E-state index contributed by atoms with van der Waals surface area (Å²) >= 11 is 0. The summed E-state index contributed by atoms with van der Waals surface area (Å²) in [4.78, 5) is 19.0. The van der Waals surface area contributed by atoms with E-state index in [4.69, 9.17) is 14.2 Å². The molecule has 9 heteroatoms. The smallest absolute Gasteiger partial charge is 0.312 e. The second kappa shape index (κ2) is 8.92. The van der Waals surface area contributed by atoms with E-state index in [9.17, 15) is 10.0 Å². The van der Waals surface area contributed by atoms with Crippen LogP contribution in [0.3, 0.4) is 0 Å². The van der Waals surface area contributed by atoms with Crippen molar-refractivity contribution >= 4 is 35.0 Å². The quantitative estimate of drug-likeness (QED) is 0.412. The number of piperidine rings is 1. The van der Waals surface area contributed by atoms with E-state index in [1.54, 1.807) is 14.2 Å². The van der Waals surface area contributed by atoms with Gasteiger partial charge < -0.3 is 24.4 Å². The van der Waals surface area contributed by atoms with Crippen LogP contribution in [0.2, 0.25) is 0 Å². The molecule has 8 nitrogen and oxygen atoms in total. The molecule has 1 aromatic heterocycles. The molecule has 1 saturated heterocycles. The highest BCUT2D eigenvalue weighted by atomic mass is 35.5. The number of hydrogen-bond donors (Lipinski definition) is 2. The number of H-pyrrole nitrogens is 1. The number of hydrogen-bond acceptors (Lipinski definition) is 7. The summed E-state index contributed by atoms with van der Waals surface area (Å²) in [5, 5.41) is 14.3. The SMILES string of the molecule is COC(=O)[C@H]1[C@H]2C[C@@H]3c4[nH]c5cc(OC)ccc5c4CCN3C[C@H]2C/C(=N\O)[C@@H]1OC.Cl. The fourth-order valence-corrected chi connectivity index (χ4v) is 6.19. The fourth-order valence-electron chi connectivity index (χ4n) is 6.19. The van der Waals surface area contributed by atoms with Gasteiger partial charge in [0.05, 0.1) is 31.9 Å². The first-order chi connectivity index (χ1) is 15.1. The number of fused-ring (bicyclic) bond motifs is 6. The highest BCUT2D eigenvalue weighted by molar-refractivity contribution is 5.94. The summed E-state index contributed by atoms with van der Waals surface area (Å²) < 4.78 is 16.2. The maximum atomic E-state index is 12.8. The van der Waals surface area contributed by atoms with E-state index in [1.807, 2.05) is 12.1 Å². The fraction of sp³-hybridized carbons (Fsp3) is 0.565. The van der Waals surface area contributed by atoms with Crippen LogP contribution >= 0.6 is 12.4 Å². The van der Waals surface area contributed by atoms with Crippen molar-refractivity contribution in [2.45, 2.75) is 31.4 Å². The minimum atomic E-state index is -0.555. The minimum absolute atomic E-state index is 0. The number of halogens is 1. The van der Waals surface area contributed by atoms with E-state index < -0.39 is 12.0 Å². The summed E-state index contributed by atoms with van der Waals surface area (Å²) in [6.45, 7) is 1.83. The van der Waals surface area contributed by atoms with Gasteiger partial charge in [0.2, 0.25) is 0 Å². The van der Waals surface area contributed by atoms with Crippen LogP contribution in [0.1, 0.15) is 30.1 Å². The normalized spacial score (nSPS) is 30.7. The molecule has 3 heterocycles. The Hall–Kier alpha value is -2.29. The van der Waals surface area contributed by atoms with Gasteiger partial charge in [-0.25, -0.2) is 0 Å². The van der Waals surface area contributed by atoms with E-state index in [-0.39, 0.29) is 36.3 Å². The molecular formula is C23H30ClN3O5. The van der Waals surface area contributed by atoms with Gasteiger partial charge in [-0.1, -0.05) is 5.16 Å². The molecule has 2 fully saturated rings. The third-order valence-electron chi connectivity index (χ3n) is 7.58. The van der Waals surface area contributed by atoms with Gasteiger partial charge in [-0.2, -0.15) is 0 Å². The number of aromatic nitrogens is 1. The molecule has 2 N–H and O–H groups in total. The van der Waals surface area contributed by atoms with E-state index in [0.29, 0.717) is 12.1 Å². The number of benzene rings is 1. The van der Waals surface area contributed by atoms with Gasteiger partial charge >= 0.3 is 5.97 Å². The van der Waals surface area contributed by atoms with Gasteiger partial charge in [-0.15, -0.1) is 12.4 Å². The first-order valence-electron chi connectivity index (χ1n) is 10.8. The zero-order valence-electron chi connectivity index (χ0n) is 18.5.